The van der Waals surface area contributed by atoms with Crippen LogP contribution in [0.25, 0.3) is 0 Å². The molecule has 0 unspecified atom stereocenters. The molecule has 0 fully saturated rings. The number of nitrogens with one attached hydrogen (secondary N) is 1. The van der Waals surface area contributed by atoms with Crippen molar-refractivity contribution in [2.75, 3.05) is 19.5 Å². The number of ether oxygens (including phenoxy) is 1. The SMILES string of the molecule is CN=C(C)Nc1sc(C)cc1C(=O)OC. The summed E-state index contributed by atoms with van der Waals surface area (Å²) in [5.74, 6) is 0.438. The van der Waals surface area contributed by atoms with Crippen LogP contribution in [-0.2, 0) is 4.74 Å². The lowest BCUT2D eigenvalue weighted by atomic mass is 10.3. The minimum absolute atomic E-state index is 0.328. The number of esters is 1. The van der Waals surface area contributed by atoms with E-state index in [4.69, 9.17) is 4.74 Å². The predicted molar refractivity (Wildman–Crippen MR) is 63.1 cm³/mol. The molecule has 1 aromatic heterocycles. The number of aryl methyl sites for hydroxylation is 1. The number of hydrogen-bond acceptors (Lipinski definition) is 4. The fraction of sp³-hybridized carbons (Fsp3) is 0.400. The standard InChI is InChI=1S/C10H14N2O2S/c1-6-5-8(10(13)14-4)9(15-6)12-7(2)11-3/h5H,1-4H3,(H,11,12). The van der Waals surface area contributed by atoms with Gasteiger partial charge in [-0.2, -0.15) is 0 Å². The number of amidine groups is 1. The van der Waals surface area contributed by atoms with Gasteiger partial charge in [-0.25, -0.2) is 4.79 Å². The molecule has 1 N–H and O–H groups in total. The molecule has 1 heterocycles. The van der Waals surface area contributed by atoms with Gasteiger partial charge in [0.25, 0.3) is 0 Å². The average molecular weight is 226 g/mol. The van der Waals surface area contributed by atoms with Crippen LogP contribution in [0.1, 0.15) is 22.2 Å². The number of rotatable bonds is 2. The van der Waals surface area contributed by atoms with Crippen molar-refractivity contribution in [3.05, 3.63) is 16.5 Å². The van der Waals surface area contributed by atoms with Crippen LogP contribution < -0.4 is 5.32 Å². The Kier molecular flexibility index (Phi) is 3.85. The molecule has 5 heteroatoms. The molecule has 0 saturated carbocycles. The van der Waals surface area contributed by atoms with Crippen LogP contribution in [0, 0.1) is 6.92 Å². The molecule has 0 bridgehead atoms. The zero-order valence-corrected chi connectivity index (χ0v) is 10.1. The van der Waals surface area contributed by atoms with E-state index in [0.717, 1.165) is 15.7 Å². The fourth-order valence-electron chi connectivity index (χ4n) is 1.09. The monoisotopic (exact) mass is 226 g/mol. The second-order valence-corrected chi connectivity index (χ2v) is 4.28. The van der Waals surface area contributed by atoms with E-state index in [0.29, 0.717) is 5.56 Å². The highest BCUT2D eigenvalue weighted by atomic mass is 32.1. The van der Waals surface area contributed by atoms with E-state index in [1.165, 1.54) is 18.4 Å². The number of methoxy groups -OCH3 is 1. The summed E-state index contributed by atoms with van der Waals surface area (Å²) in [6.45, 7) is 3.79. The van der Waals surface area contributed by atoms with Gasteiger partial charge in [-0.3, -0.25) is 4.99 Å². The second-order valence-electron chi connectivity index (χ2n) is 3.03. The molecule has 0 aliphatic rings. The Morgan fingerprint density at radius 2 is 2.27 bits per heavy atom. The average Bonchev–Trinajstić information content (AvgIpc) is 2.58. The number of thiophene rings is 1. The Hall–Kier alpha value is -1.36. The lowest BCUT2D eigenvalue weighted by Crippen LogP contribution is -2.09. The summed E-state index contributed by atoms with van der Waals surface area (Å²) in [7, 11) is 3.07. The quantitative estimate of drug-likeness (QED) is 0.478. The summed E-state index contributed by atoms with van der Waals surface area (Å²) in [5, 5.41) is 3.84. The zero-order valence-electron chi connectivity index (χ0n) is 9.25. The van der Waals surface area contributed by atoms with Crippen molar-refractivity contribution in [2.24, 2.45) is 4.99 Å². The van der Waals surface area contributed by atoms with E-state index in [1.54, 1.807) is 7.05 Å². The van der Waals surface area contributed by atoms with Gasteiger partial charge in [-0.1, -0.05) is 0 Å². The van der Waals surface area contributed by atoms with Crippen molar-refractivity contribution in [2.45, 2.75) is 13.8 Å². The summed E-state index contributed by atoms with van der Waals surface area (Å²) >= 11 is 1.51. The maximum Gasteiger partial charge on any atom is 0.340 e. The minimum Gasteiger partial charge on any atom is -0.465 e. The van der Waals surface area contributed by atoms with Gasteiger partial charge in [0.2, 0.25) is 0 Å². The van der Waals surface area contributed by atoms with Gasteiger partial charge in [0, 0.05) is 11.9 Å². The highest BCUT2D eigenvalue weighted by molar-refractivity contribution is 7.16. The molecule has 15 heavy (non-hydrogen) atoms. The maximum atomic E-state index is 11.4. The molecule has 0 saturated heterocycles. The van der Waals surface area contributed by atoms with E-state index in [2.05, 4.69) is 10.3 Å². The van der Waals surface area contributed by atoms with Crippen LogP contribution in [0.5, 0.6) is 0 Å². The van der Waals surface area contributed by atoms with Crippen molar-refractivity contribution in [3.63, 3.8) is 0 Å². The molecule has 0 aliphatic carbocycles. The zero-order chi connectivity index (χ0) is 11.4. The Morgan fingerprint density at radius 1 is 1.60 bits per heavy atom. The Morgan fingerprint density at radius 3 is 2.80 bits per heavy atom. The smallest absolute Gasteiger partial charge is 0.340 e. The van der Waals surface area contributed by atoms with Gasteiger partial charge in [-0.15, -0.1) is 11.3 Å². The molecule has 1 rings (SSSR count). The first-order valence-corrected chi connectivity index (χ1v) is 5.29. The summed E-state index contributed by atoms with van der Waals surface area (Å²) in [6, 6.07) is 1.81. The normalized spacial score (nSPS) is 11.3. The van der Waals surface area contributed by atoms with E-state index in [1.807, 2.05) is 19.9 Å². The van der Waals surface area contributed by atoms with Gasteiger partial charge < -0.3 is 10.1 Å². The third kappa shape index (κ3) is 2.79. The third-order valence-corrected chi connectivity index (χ3v) is 2.86. The van der Waals surface area contributed by atoms with E-state index in [9.17, 15) is 4.79 Å². The highest BCUT2D eigenvalue weighted by Crippen LogP contribution is 2.28. The number of anilines is 1. The largest absolute Gasteiger partial charge is 0.465 e. The Labute approximate surface area is 93.0 Å². The molecular formula is C10H14N2O2S. The van der Waals surface area contributed by atoms with E-state index < -0.39 is 0 Å². The van der Waals surface area contributed by atoms with Gasteiger partial charge in [0.1, 0.15) is 5.00 Å². The molecule has 1 aromatic rings. The summed E-state index contributed by atoms with van der Waals surface area (Å²) < 4.78 is 4.69. The van der Waals surface area contributed by atoms with Crippen LogP contribution in [0.15, 0.2) is 11.1 Å². The number of hydrogen-bond donors (Lipinski definition) is 1. The molecular weight excluding hydrogens is 212 g/mol. The van der Waals surface area contributed by atoms with Crippen molar-refractivity contribution >= 4 is 28.1 Å². The van der Waals surface area contributed by atoms with Crippen molar-refractivity contribution < 1.29 is 9.53 Å². The van der Waals surface area contributed by atoms with Crippen LogP contribution in [0.4, 0.5) is 5.00 Å². The lowest BCUT2D eigenvalue weighted by molar-refractivity contribution is 0.0602. The number of nitrogens with zero attached hydrogens (tertiary/aromatic N) is 1. The molecule has 0 atom stereocenters. The fourth-order valence-corrected chi connectivity index (χ4v) is 2.04. The Bertz CT molecular complexity index is 396. The van der Waals surface area contributed by atoms with Crippen molar-refractivity contribution in [1.82, 2.24) is 0 Å². The van der Waals surface area contributed by atoms with E-state index in [-0.39, 0.29) is 5.97 Å². The van der Waals surface area contributed by atoms with Gasteiger partial charge in [0.05, 0.1) is 18.5 Å². The third-order valence-electron chi connectivity index (χ3n) is 1.89. The van der Waals surface area contributed by atoms with Crippen molar-refractivity contribution in [1.29, 1.82) is 0 Å². The molecule has 0 amide bonds. The molecule has 82 valence electrons. The first-order chi connectivity index (χ1) is 7.08. The predicted octanol–water partition coefficient (Wildman–Crippen LogP) is 2.30. The first kappa shape index (κ1) is 11.7. The second kappa shape index (κ2) is 4.93. The van der Waals surface area contributed by atoms with Gasteiger partial charge in [0.15, 0.2) is 0 Å². The van der Waals surface area contributed by atoms with Crippen LogP contribution in [0.2, 0.25) is 0 Å². The topological polar surface area (TPSA) is 50.7 Å². The molecule has 4 nitrogen and oxygen atoms in total. The lowest BCUT2D eigenvalue weighted by Gasteiger charge is -2.04. The van der Waals surface area contributed by atoms with Crippen LogP contribution >= 0.6 is 11.3 Å². The molecule has 0 spiro atoms. The van der Waals surface area contributed by atoms with Crippen molar-refractivity contribution in [3.8, 4) is 0 Å². The number of aliphatic imine (C=N–C) groups is 1. The van der Waals surface area contributed by atoms with Crippen LogP contribution in [-0.4, -0.2) is 26.0 Å². The summed E-state index contributed by atoms with van der Waals surface area (Å²) in [4.78, 5) is 16.5. The number of carbonyl (C=O) groups excluding carboxylic acids is 1. The molecule has 0 radical (unpaired) electrons. The van der Waals surface area contributed by atoms with Crippen LogP contribution in [0.3, 0.4) is 0 Å². The summed E-state index contributed by atoms with van der Waals surface area (Å²) in [6.07, 6.45) is 0. The number of carbonyl (C=O) groups is 1. The van der Waals surface area contributed by atoms with Gasteiger partial charge in [-0.05, 0) is 19.9 Å². The van der Waals surface area contributed by atoms with Gasteiger partial charge >= 0.3 is 5.97 Å². The minimum atomic E-state index is -0.328. The highest BCUT2D eigenvalue weighted by Gasteiger charge is 2.15. The maximum absolute atomic E-state index is 11.4. The van der Waals surface area contributed by atoms with E-state index >= 15 is 0 Å². The summed E-state index contributed by atoms with van der Waals surface area (Å²) in [5.41, 5.74) is 0.558. The Balaban J connectivity index is 3.01. The molecule has 0 aromatic carbocycles. The first-order valence-electron chi connectivity index (χ1n) is 4.47. The molecule has 0 aliphatic heterocycles.